The molecule has 2 atom stereocenters. The zero-order valence-corrected chi connectivity index (χ0v) is 12.0. The molecular formula is C14H19Cl2NO. The third-order valence-electron chi connectivity index (χ3n) is 3.34. The molecule has 1 aromatic rings. The Hall–Kier alpha value is -0.280. The van der Waals surface area contributed by atoms with Gasteiger partial charge in [0.1, 0.15) is 0 Å². The van der Waals surface area contributed by atoms with E-state index >= 15 is 0 Å². The number of benzene rings is 1. The van der Waals surface area contributed by atoms with Gasteiger partial charge in [0.05, 0.1) is 6.10 Å². The maximum Gasteiger partial charge on any atom is 0.0757 e. The lowest BCUT2D eigenvalue weighted by Gasteiger charge is -2.24. The van der Waals surface area contributed by atoms with Crippen molar-refractivity contribution < 1.29 is 4.74 Å². The largest absolute Gasteiger partial charge is 0.377 e. The predicted molar refractivity (Wildman–Crippen MR) is 76.3 cm³/mol. The van der Waals surface area contributed by atoms with Crippen molar-refractivity contribution in [3.8, 4) is 0 Å². The summed E-state index contributed by atoms with van der Waals surface area (Å²) < 4.78 is 5.77. The van der Waals surface area contributed by atoms with Gasteiger partial charge in [0.15, 0.2) is 0 Å². The Labute approximate surface area is 118 Å². The van der Waals surface area contributed by atoms with Gasteiger partial charge in [0, 0.05) is 22.7 Å². The second kappa shape index (κ2) is 6.25. The first-order valence-corrected chi connectivity index (χ1v) is 7.18. The Morgan fingerprint density at radius 3 is 2.67 bits per heavy atom. The lowest BCUT2D eigenvalue weighted by Crippen LogP contribution is -2.40. The molecule has 0 bridgehead atoms. The standard InChI is InChI=1S/C14H19Cl2NO/c1-2-18-14(9-3-4-9)13(17)7-10-5-6-11(15)8-12(10)16/h5-6,8-9,13-14H,2-4,7,17H2,1H3. The van der Waals surface area contributed by atoms with Crippen LogP contribution in [0.5, 0.6) is 0 Å². The van der Waals surface area contributed by atoms with Crippen LogP contribution in [0.3, 0.4) is 0 Å². The molecule has 1 saturated carbocycles. The summed E-state index contributed by atoms with van der Waals surface area (Å²) in [6, 6.07) is 5.55. The highest BCUT2D eigenvalue weighted by Gasteiger charge is 2.35. The first kappa shape index (κ1) is 14.1. The third-order valence-corrected chi connectivity index (χ3v) is 3.93. The molecule has 1 aliphatic rings. The lowest BCUT2D eigenvalue weighted by atomic mass is 9.99. The molecule has 1 aromatic carbocycles. The molecule has 100 valence electrons. The minimum atomic E-state index is -0.00359. The molecule has 18 heavy (non-hydrogen) atoms. The zero-order valence-electron chi connectivity index (χ0n) is 10.5. The van der Waals surface area contributed by atoms with E-state index < -0.39 is 0 Å². The van der Waals surface area contributed by atoms with E-state index in [9.17, 15) is 0 Å². The van der Waals surface area contributed by atoms with Gasteiger partial charge in [-0.25, -0.2) is 0 Å². The average Bonchev–Trinajstić information content (AvgIpc) is 3.13. The Bertz CT molecular complexity index is 407. The molecule has 0 radical (unpaired) electrons. The molecule has 0 aromatic heterocycles. The SMILES string of the molecule is CCOC(C(N)Cc1ccc(Cl)cc1Cl)C1CC1. The van der Waals surface area contributed by atoms with Crippen LogP contribution in [0, 0.1) is 5.92 Å². The maximum absolute atomic E-state index is 6.27. The zero-order chi connectivity index (χ0) is 13.1. The molecular weight excluding hydrogens is 269 g/mol. The van der Waals surface area contributed by atoms with Crippen molar-refractivity contribution in [2.45, 2.75) is 38.3 Å². The maximum atomic E-state index is 6.27. The summed E-state index contributed by atoms with van der Waals surface area (Å²) in [4.78, 5) is 0. The highest BCUT2D eigenvalue weighted by atomic mass is 35.5. The minimum absolute atomic E-state index is 0.00359. The van der Waals surface area contributed by atoms with E-state index in [1.807, 2.05) is 19.1 Å². The van der Waals surface area contributed by atoms with E-state index in [1.165, 1.54) is 12.8 Å². The van der Waals surface area contributed by atoms with E-state index in [0.29, 0.717) is 22.6 Å². The second-order valence-corrected chi connectivity index (χ2v) is 5.70. The number of rotatable bonds is 6. The van der Waals surface area contributed by atoms with Gasteiger partial charge in [0.2, 0.25) is 0 Å². The molecule has 2 unspecified atom stereocenters. The minimum Gasteiger partial charge on any atom is -0.377 e. The molecule has 0 spiro atoms. The van der Waals surface area contributed by atoms with Crippen molar-refractivity contribution in [1.29, 1.82) is 0 Å². The smallest absolute Gasteiger partial charge is 0.0757 e. The fourth-order valence-corrected chi connectivity index (χ4v) is 2.77. The highest BCUT2D eigenvalue weighted by molar-refractivity contribution is 6.35. The summed E-state index contributed by atoms with van der Waals surface area (Å²) in [5.41, 5.74) is 7.31. The van der Waals surface area contributed by atoms with E-state index in [1.54, 1.807) is 6.07 Å². The van der Waals surface area contributed by atoms with Crippen molar-refractivity contribution in [1.82, 2.24) is 0 Å². The molecule has 0 amide bonds. The Balaban J connectivity index is 2.02. The van der Waals surface area contributed by atoms with Crippen LogP contribution in [0.1, 0.15) is 25.3 Å². The van der Waals surface area contributed by atoms with Crippen molar-refractivity contribution in [2.75, 3.05) is 6.61 Å². The van der Waals surface area contributed by atoms with Gasteiger partial charge >= 0.3 is 0 Å². The van der Waals surface area contributed by atoms with Crippen LogP contribution in [0.15, 0.2) is 18.2 Å². The molecule has 0 saturated heterocycles. The molecule has 1 aliphatic carbocycles. The van der Waals surface area contributed by atoms with E-state index in [4.69, 9.17) is 33.7 Å². The number of nitrogens with two attached hydrogens (primary N) is 1. The van der Waals surface area contributed by atoms with Gasteiger partial charge in [-0.3, -0.25) is 0 Å². The Morgan fingerprint density at radius 2 is 2.11 bits per heavy atom. The average molecular weight is 288 g/mol. The number of hydrogen-bond donors (Lipinski definition) is 1. The normalized spacial score (nSPS) is 18.7. The van der Waals surface area contributed by atoms with Gasteiger partial charge < -0.3 is 10.5 Å². The van der Waals surface area contributed by atoms with Crippen LogP contribution in [-0.2, 0) is 11.2 Å². The van der Waals surface area contributed by atoms with Gasteiger partial charge in [0.25, 0.3) is 0 Å². The first-order valence-electron chi connectivity index (χ1n) is 6.43. The molecule has 2 rings (SSSR count). The molecule has 2 nitrogen and oxygen atoms in total. The quantitative estimate of drug-likeness (QED) is 0.866. The monoisotopic (exact) mass is 287 g/mol. The Kier molecular flexibility index (Phi) is 4.91. The molecule has 4 heteroatoms. The molecule has 0 heterocycles. The molecule has 2 N–H and O–H groups in total. The van der Waals surface area contributed by atoms with Gasteiger partial charge in [-0.2, -0.15) is 0 Å². The first-order chi connectivity index (χ1) is 8.61. The second-order valence-electron chi connectivity index (χ2n) is 4.86. The van der Waals surface area contributed by atoms with Gasteiger partial charge in [-0.1, -0.05) is 29.3 Å². The van der Waals surface area contributed by atoms with Crippen molar-refractivity contribution in [3.63, 3.8) is 0 Å². The van der Waals surface area contributed by atoms with Crippen molar-refractivity contribution in [2.24, 2.45) is 11.7 Å². The summed E-state index contributed by atoms with van der Waals surface area (Å²) in [7, 11) is 0. The third kappa shape index (κ3) is 3.61. The summed E-state index contributed by atoms with van der Waals surface area (Å²) in [6.07, 6.45) is 3.35. The topological polar surface area (TPSA) is 35.2 Å². The number of ether oxygens (including phenoxy) is 1. The molecule has 1 fully saturated rings. The lowest BCUT2D eigenvalue weighted by molar-refractivity contribution is 0.0288. The summed E-state index contributed by atoms with van der Waals surface area (Å²) >= 11 is 12.1. The summed E-state index contributed by atoms with van der Waals surface area (Å²) in [5, 5.41) is 1.34. The van der Waals surface area contributed by atoms with Crippen LogP contribution >= 0.6 is 23.2 Å². The van der Waals surface area contributed by atoms with Crippen LogP contribution in [0.25, 0.3) is 0 Å². The summed E-state index contributed by atoms with van der Waals surface area (Å²) in [5.74, 6) is 0.631. The van der Waals surface area contributed by atoms with E-state index in [0.717, 1.165) is 12.0 Å². The highest BCUT2D eigenvalue weighted by Crippen LogP contribution is 2.36. The fraction of sp³-hybridized carbons (Fsp3) is 0.571. The summed E-state index contributed by atoms with van der Waals surface area (Å²) in [6.45, 7) is 2.72. The van der Waals surface area contributed by atoms with Gasteiger partial charge in [-0.05, 0) is 49.8 Å². The molecule has 0 aliphatic heterocycles. The van der Waals surface area contributed by atoms with Crippen molar-refractivity contribution >= 4 is 23.2 Å². The van der Waals surface area contributed by atoms with Gasteiger partial charge in [-0.15, -0.1) is 0 Å². The predicted octanol–water partition coefficient (Wildman–Crippen LogP) is 3.68. The van der Waals surface area contributed by atoms with E-state index in [2.05, 4.69) is 0 Å². The van der Waals surface area contributed by atoms with Crippen molar-refractivity contribution in [3.05, 3.63) is 33.8 Å². The van der Waals surface area contributed by atoms with Crippen LogP contribution in [-0.4, -0.2) is 18.8 Å². The van der Waals surface area contributed by atoms with Crippen LogP contribution in [0.2, 0.25) is 10.0 Å². The van der Waals surface area contributed by atoms with Crippen LogP contribution < -0.4 is 5.73 Å². The van der Waals surface area contributed by atoms with Crippen LogP contribution in [0.4, 0.5) is 0 Å². The Morgan fingerprint density at radius 1 is 1.39 bits per heavy atom. The number of hydrogen-bond acceptors (Lipinski definition) is 2. The van der Waals surface area contributed by atoms with E-state index in [-0.39, 0.29) is 12.1 Å². The number of halogens is 2. The fourth-order valence-electron chi connectivity index (χ4n) is 2.28.